The number of nitrogens with zero attached hydrogens (tertiary/aromatic N) is 1. The standard InChI is InChI=1S/C17H18N2O5S2/c20-15(18-13-7-9-26(23,24)11-13)6-8-19-16(21)14(25-17(19)22)10-12-4-2-1-3-5-12/h1-5,10,13H,6-9,11H2,(H,18,20)/b14-10-/t13-/m1/s1. The lowest BCUT2D eigenvalue weighted by molar-refractivity contribution is -0.124. The molecule has 0 radical (unpaired) electrons. The number of amides is 3. The molecule has 26 heavy (non-hydrogen) atoms. The molecule has 138 valence electrons. The maximum absolute atomic E-state index is 12.4. The van der Waals surface area contributed by atoms with Crippen LogP contribution in [0, 0.1) is 0 Å². The molecule has 0 saturated carbocycles. The Labute approximate surface area is 155 Å². The number of hydrogen-bond donors (Lipinski definition) is 1. The highest BCUT2D eigenvalue weighted by Gasteiger charge is 2.35. The number of benzene rings is 1. The van der Waals surface area contributed by atoms with Crippen molar-refractivity contribution in [2.24, 2.45) is 0 Å². The smallest absolute Gasteiger partial charge is 0.293 e. The SMILES string of the molecule is O=C(CCN1C(=O)S/C(=C\c2ccccc2)C1=O)N[C@@H]1CCS(=O)(=O)C1. The van der Waals surface area contributed by atoms with Crippen molar-refractivity contribution >= 4 is 44.7 Å². The lowest BCUT2D eigenvalue weighted by atomic mass is 10.2. The number of sulfone groups is 1. The van der Waals surface area contributed by atoms with Crippen molar-refractivity contribution in [3.05, 3.63) is 40.8 Å². The maximum atomic E-state index is 12.4. The van der Waals surface area contributed by atoms with Crippen LogP contribution in [0.25, 0.3) is 6.08 Å². The van der Waals surface area contributed by atoms with Gasteiger partial charge in [0.15, 0.2) is 9.84 Å². The first kappa shape index (κ1) is 18.7. The van der Waals surface area contributed by atoms with E-state index in [0.29, 0.717) is 11.3 Å². The number of rotatable bonds is 5. The molecule has 2 aliphatic rings. The molecule has 0 spiro atoms. The Morgan fingerprint density at radius 3 is 2.65 bits per heavy atom. The van der Waals surface area contributed by atoms with E-state index in [-0.39, 0.29) is 36.4 Å². The van der Waals surface area contributed by atoms with Crippen LogP contribution in [0.3, 0.4) is 0 Å². The summed E-state index contributed by atoms with van der Waals surface area (Å²) in [6.45, 7) is -0.0257. The van der Waals surface area contributed by atoms with E-state index in [2.05, 4.69) is 5.32 Å². The molecule has 0 bridgehead atoms. The van der Waals surface area contributed by atoms with Gasteiger partial charge < -0.3 is 5.32 Å². The lowest BCUT2D eigenvalue weighted by Gasteiger charge is -2.14. The molecule has 0 aromatic heterocycles. The first-order chi connectivity index (χ1) is 12.3. The third kappa shape index (κ3) is 4.53. The number of carbonyl (C=O) groups is 3. The van der Waals surface area contributed by atoms with Crippen LogP contribution in [0.5, 0.6) is 0 Å². The largest absolute Gasteiger partial charge is 0.352 e. The molecule has 7 nitrogen and oxygen atoms in total. The molecular formula is C17H18N2O5S2. The zero-order valence-electron chi connectivity index (χ0n) is 13.9. The van der Waals surface area contributed by atoms with Gasteiger partial charge in [-0.2, -0.15) is 0 Å². The van der Waals surface area contributed by atoms with Gasteiger partial charge >= 0.3 is 0 Å². The van der Waals surface area contributed by atoms with E-state index >= 15 is 0 Å². The number of hydrogen-bond acceptors (Lipinski definition) is 6. The molecular weight excluding hydrogens is 376 g/mol. The van der Waals surface area contributed by atoms with Gasteiger partial charge in [-0.3, -0.25) is 19.3 Å². The number of nitrogens with one attached hydrogen (secondary N) is 1. The highest BCUT2D eigenvalue weighted by Crippen LogP contribution is 2.32. The molecule has 0 aliphatic carbocycles. The van der Waals surface area contributed by atoms with E-state index < -0.39 is 21.0 Å². The maximum Gasteiger partial charge on any atom is 0.293 e. The van der Waals surface area contributed by atoms with Crippen LogP contribution in [-0.4, -0.2) is 54.5 Å². The second kappa shape index (κ2) is 7.63. The molecule has 2 heterocycles. The lowest BCUT2D eigenvalue weighted by Crippen LogP contribution is -2.38. The van der Waals surface area contributed by atoms with Gasteiger partial charge in [0.25, 0.3) is 11.1 Å². The van der Waals surface area contributed by atoms with Gasteiger partial charge in [-0.1, -0.05) is 30.3 Å². The summed E-state index contributed by atoms with van der Waals surface area (Å²) in [7, 11) is -3.07. The molecule has 0 unspecified atom stereocenters. The average Bonchev–Trinajstić information content (AvgIpc) is 3.06. The molecule has 1 aromatic carbocycles. The van der Waals surface area contributed by atoms with Gasteiger partial charge in [-0.15, -0.1) is 0 Å². The summed E-state index contributed by atoms with van der Waals surface area (Å²) in [4.78, 5) is 37.8. The quantitative estimate of drug-likeness (QED) is 0.758. The van der Waals surface area contributed by atoms with Gasteiger partial charge in [0.1, 0.15) is 0 Å². The van der Waals surface area contributed by atoms with Crippen LogP contribution in [0.15, 0.2) is 35.2 Å². The minimum absolute atomic E-state index is 0.0257. The first-order valence-electron chi connectivity index (χ1n) is 8.14. The summed E-state index contributed by atoms with van der Waals surface area (Å²) in [5.74, 6) is -0.760. The molecule has 1 aromatic rings. The van der Waals surface area contributed by atoms with E-state index in [1.807, 2.05) is 30.3 Å². The van der Waals surface area contributed by atoms with Gasteiger partial charge in [0.2, 0.25) is 5.91 Å². The molecule has 9 heteroatoms. The highest BCUT2D eigenvalue weighted by molar-refractivity contribution is 8.18. The molecule has 3 amide bonds. The van der Waals surface area contributed by atoms with Crippen LogP contribution in [0.2, 0.25) is 0 Å². The van der Waals surface area contributed by atoms with E-state index in [1.165, 1.54) is 0 Å². The van der Waals surface area contributed by atoms with E-state index in [9.17, 15) is 22.8 Å². The topological polar surface area (TPSA) is 101 Å². The summed E-state index contributed by atoms with van der Waals surface area (Å²) in [5.41, 5.74) is 0.818. The molecule has 3 rings (SSSR count). The van der Waals surface area contributed by atoms with Gasteiger partial charge in [-0.25, -0.2) is 8.42 Å². The molecule has 2 saturated heterocycles. The Balaban J connectivity index is 1.55. The number of imide groups is 1. The minimum atomic E-state index is -3.07. The molecule has 2 fully saturated rings. The fourth-order valence-electron chi connectivity index (χ4n) is 2.82. The predicted octanol–water partition coefficient (Wildman–Crippen LogP) is 1.42. The Bertz CT molecular complexity index is 864. The Hall–Kier alpha value is -2.13. The average molecular weight is 394 g/mol. The zero-order valence-corrected chi connectivity index (χ0v) is 15.5. The Morgan fingerprint density at radius 2 is 2.00 bits per heavy atom. The monoisotopic (exact) mass is 394 g/mol. The van der Waals surface area contributed by atoms with Gasteiger partial charge in [0, 0.05) is 19.0 Å². The van der Waals surface area contributed by atoms with Crippen molar-refractivity contribution in [2.75, 3.05) is 18.1 Å². The van der Waals surface area contributed by atoms with E-state index in [4.69, 9.17) is 0 Å². The number of thioether (sulfide) groups is 1. The Kier molecular flexibility index (Phi) is 5.47. The third-order valence-electron chi connectivity index (χ3n) is 4.13. The minimum Gasteiger partial charge on any atom is -0.352 e. The fraction of sp³-hybridized carbons (Fsp3) is 0.353. The zero-order chi connectivity index (χ0) is 18.7. The van der Waals surface area contributed by atoms with Crippen molar-refractivity contribution in [1.29, 1.82) is 0 Å². The summed E-state index contributed by atoms with van der Waals surface area (Å²) in [6, 6.07) is 8.80. The van der Waals surface area contributed by atoms with Gasteiger partial charge in [-0.05, 0) is 29.8 Å². The summed E-state index contributed by atoms with van der Waals surface area (Å²) in [5, 5.41) is 2.24. The van der Waals surface area contributed by atoms with Crippen molar-refractivity contribution in [3.8, 4) is 0 Å². The normalized spacial score (nSPS) is 23.6. The highest BCUT2D eigenvalue weighted by atomic mass is 32.2. The van der Waals surface area contributed by atoms with Crippen LogP contribution in [0.4, 0.5) is 4.79 Å². The van der Waals surface area contributed by atoms with E-state index in [1.54, 1.807) is 6.08 Å². The van der Waals surface area contributed by atoms with Crippen LogP contribution >= 0.6 is 11.8 Å². The van der Waals surface area contributed by atoms with Crippen molar-refractivity contribution in [2.45, 2.75) is 18.9 Å². The van der Waals surface area contributed by atoms with Crippen LogP contribution in [-0.2, 0) is 19.4 Å². The predicted molar refractivity (Wildman–Crippen MR) is 98.9 cm³/mol. The van der Waals surface area contributed by atoms with E-state index in [0.717, 1.165) is 22.2 Å². The third-order valence-corrected chi connectivity index (χ3v) is 6.81. The van der Waals surface area contributed by atoms with Crippen molar-refractivity contribution in [1.82, 2.24) is 10.2 Å². The van der Waals surface area contributed by atoms with Crippen LogP contribution < -0.4 is 5.32 Å². The summed E-state index contributed by atoms with van der Waals surface area (Å²) >= 11 is 0.848. The van der Waals surface area contributed by atoms with Crippen molar-refractivity contribution in [3.63, 3.8) is 0 Å². The fourth-order valence-corrected chi connectivity index (χ4v) is 5.35. The molecule has 1 atom stereocenters. The van der Waals surface area contributed by atoms with Crippen molar-refractivity contribution < 1.29 is 22.8 Å². The second-order valence-corrected chi connectivity index (χ2v) is 9.38. The molecule has 2 aliphatic heterocycles. The van der Waals surface area contributed by atoms with Crippen LogP contribution in [0.1, 0.15) is 18.4 Å². The molecule has 1 N–H and O–H groups in total. The summed E-state index contributed by atoms with van der Waals surface area (Å²) in [6.07, 6.45) is 2.00. The Morgan fingerprint density at radius 1 is 1.27 bits per heavy atom. The number of carbonyl (C=O) groups excluding carboxylic acids is 3. The second-order valence-electron chi connectivity index (χ2n) is 6.16. The first-order valence-corrected chi connectivity index (χ1v) is 10.8. The summed E-state index contributed by atoms with van der Waals surface area (Å²) < 4.78 is 22.8. The van der Waals surface area contributed by atoms with Gasteiger partial charge in [0.05, 0.1) is 16.4 Å².